The molecular weight excluding hydrogens is 534 g/mol. The van der Waals surface area contributed by atoms with E-state index in [0.29, 0.717) is 21.8 Å². The van der Waals surface area contributed by atoms with Gasteiger partial charge in [-0.3, -0.25) is 24.5 Å². The van der Waals surface area contributed by atoms with Crippen molar-refractivity contribution in [3.63, 3.8) is 0 Å². The number of hydrogen-bond acceptors (Lipinski definition) is 5. The first-order valence-electron chi connectivity index (χ1n) is 11.4. The van der Waals surface area contributed by atoms with Crippen molar-refractivity contribution in [2.45, 2.75) is 12.5 Å². The first-order valence-corrected chi connectivity index (χ1v) is 12.2. The number of pyridine rings is 2. The van der Waals surface area contributed by atoms with Crippen molar-refractivity contribution in [1.29, 1.82) is 0 Å². The van der Waals surface area contributed by atoms with Gasteiger partial charge in [0.05, 0.1) is 22.8 Å². The molecular formula is C27H19Cl2FN4O4. The Morgan fingerprint density at radius 2 is 1.87 bits per heavy atom. The molecule has 38 heavy (non-hydrogen) atoms. The number of nitrogens with one attached hydrogen (secondary N) is 2. The summed E-state index contributed by atoms with van der Waals surface area (Å²) in [6.07, 6.45) is 4.57. The summed E-state index contributed by atoms with van der Waals surface area (Å²) in [4.78, 5) is 41.9. The van der Waals surface area contributed by atoms with Gasteiger partial charge in [-0.05, 0) is 47.5 Å². The molecule has 3 amide bonds. The molecule has 2 aromatic carbocycles. The molecule has 5 rings (SSSR count). The lowest BCUT2D eigenvalue weighted by molar-refractivity contribution is -0.122. The Labute approximate surface area is 226 Å². The van der Waals surface area contributed by atoms with Gasteiger partial charge in [0.25, 0.3) is 5.56 Å². The topological polar surface area (TPSA) is 102 Å². The van der Waals surface area contributed by atoms with E-state index in [1.54, 1.807) is 42.6 Å². The molecule has 3 heterocycles. The smallest absolute Gasteiger partial charge is 0.321 e. The highest BCUT2D eigenvalue weighted by atomic mass is 35.5. The van der Waals surface area contributed by atoms with E-state index in [9.17, 15) is 18.8 Å². The number of amides is 3. The minimum Gasteiger partial charge on any atom is -0.486 e. The fourth-order valence-corrected chi connectivity index (χ4v) is 4.48. The molecule has 192 valence electrons. The molecule has 2 aromatic heterocycles. The third kappa shape index (κ3) is 5.11. The number of nitrogens with zero attached hydrogens (tertiary/aromatic N) is 2. The van der Waals surface area contributed by atoms with Gasteiger partial charge < -0.3 is 10.1 Å². The molecule has 1 unspecified atom stereocenters. The van der Waals surface area contributed by atoms with Gasteiger partial charge in [0.1, 0.15) is 6.61 Å². The first kappa shape index (κ1) is 25.4. The van der Waals surface area contributed by atoms with E-state index in [2.05, 4.69) is 15.6 Å². The lowest BCUT2D eigenvalue weighted by atomic mass is 9.95. The summed E-state index contributed by atoms with van der Waals surface area (Å²) >= 11 is 12.4. The molecule has 4 aromatic rings. The van der Waals surface area contributed by atoms with E-state index in [0.717, 1.165) is 0 Å². The Morgan fingerprint density at radius 1 is 1.05 bits per heavy atom. The average molecular weight is 553 g/mol. The van der Waals surface area contributed by atoms with E-state index in [-0.39, 0.29) is 35.1 Å². The Balaban J connectivity index is 1.62. The monoisotopic (exact) mass is 552 g/mol. The van der Waals surface area contributed by atoms with Gasteiger partial charge in [0, 0.05) is 35.1 Å². The standard InChI is InChI=1S/C27H19Cl2FN4O4/c28-21-6-2-1-4-15(21)14-38-23-10-16(9-22(29)24(23)30)19-8-17(20-12-32-27(37)33-25(20)35)13-34(26(19)36)18-5-3-7-31-11-18/h1-11,13,20H,12,14H2,(H2,32,33,35,37). The van der Waals surface area contributed by atoms with Crippen LogP contribution in [0.1, 0.15) is 17.0 Å². The van der Waals surface area contributed by atoms with Crippen LogP contribution in [0.4, 0.5) is 9.18 Å². The van der Waals surface area contributed by atoms with Gasteiger partial charge in [-0.2, -0.15) is 0 Å². The number of ether oxygens (including phenoxy) is 1. The van der Waals surface area contributed by atoms with Gasteiger partial charge >= 0.3 is 6.03 Å². The Bertz CT molecular complexity index is 1610. The molecule has 0 saturated carbocycles. The van der Waals surface area contributed by atoms with Crippen LogP contribution in [0, 0.1) is 5.82 Å². The summed E-state index contributed by atoms with van der Waals surface area (Å²) in [5.41, 5.74) is 1.49. The highest BCUT2D eigenvalue weighted by Crippen LogP contribution is 2.33. The number of rotatable bonds is 6. The SMILES string of the molecule is O=C1NCC(c2cc(-c3cc(Cl)c(F)c(OCc4ccccc4Cl)c3)c(=O)n(-c3cccnc3)c2)C(=O)N1. The summed E-state index contributed by atoms with van der Waals surface area (Å²) < 4.78 is 22.0. The second kappa shape index (κ2) is 10.6. The van der Waals surface area contributed by atoms with E-state index in [1.165, 1.54) is 35.2 Å². The van der Waals surface area contributed by atoms with Crippen molar-refractivity contribution in [2.24, 2.45) is 0 Å². The van der Waals surface area contributed by atoms with Crippen LogP contribution in [0.25, 0.3) is 16.8 Å². The van der Waals surface area contributed by atoms with Gasteiger partial charge in [-0.15, -0.1) is 0 Å². The maximum atomic E-state index is 14.9. The zero-order valence-electron chi connectivity index (χ0n) is 19.6. The Kier molecular flexibility index (Phi) is 7.13. The van der Waals surface area contributed by atoms with Gasteiger partial charge in [-0.25, -0.2) is 9.18 Å². The van der Waals surface area contributed by atoms with Crippen molar-refractivity contribution in [2.75, 3.05) is 6.54 Å². The van der Waals surface area contributed by atoms with Gasteiger partial charge in [0.15, 0.2) is 11.6 Å². The number of imide groups is 1. The maximum absolute atomic E-state index is 14.9. The van der Waals surface area contributed by atoms with Gasteiger partial charge in [0.2, 0.25) is 5.91 Å². The zero-order valence-corrected chi connectivity index (χ0v) is 21.1. The molecule has 1 saturated heterocycles. The van der Waals surface area contributed by atoms with Crippen LogP contribution >= 0.6 is 23.2 Å². The molecule has 0 radical (unpaired) electrons. The highest BCUT2D eigenvalue weighted by Gasteiger charge is 2.29. The number of carbonyl (C=O) groups excluding carboxylic acids is 2. The maximum Gasteiger partial charge on any atom is 0.321 e. The van der Waals surface area contributed by atoms with E-state index in [4.69, 9.17) is 27.9 Å². The minimum absolute atomic E-state index is 0.0295. The van der Waals surface area contributed by atoms with Gasteiger partial charge in [-0.1, -0.05) is 41.4 Å². The molecule has 1 atom stereocenters. The number of carbonyl (C=O) groups is 2. The molecule has 8 nitrogen and oxygen atoms in total. The molecule has 0 spiro atoms. The number of aromatic nitrogens is 2. The average Bonchev–Trinajstić information content (AvgIpc) is 2.91. The molecule has 2 N–H and O–H groups in total. The summed E-state index contributed by atoms with van der Waals surface area (Å²) in [7, 11) is 0. The largest absolute Gasteiger partial charge is 0.486 e. The summed E-state index contributed by atoms with van der Waals surface area (Å²) in [5.74, 6) is -2.26. The Morgan fingerprint density at radius 3 is 2.61 bits per heavy atom. The number of urea groups is 1. The Hall–Kier alpha value is -4.21. The lowest BCUT2D eigenvalue weighted by Crippen LogP contribution is -2.51. The summed E-state index contributed by atoms with van der Waals surface area (Å²) in [5, 5.41) is 5.02. The van der Waals surface area contributed by atoms with Crippen LogP contribution in [0.2, 0.25) is 10.0 Å². The van der Waals surface area contributed by atoms with Crippen LogP contribution in [0.5, 0.6) is 5.75 Å². The molecule has 0 aliphatic carbocycles. The van der Waals surface area contributed by atoms with E-state index >= 15 is 0 Å². The fraction of sp³-hybridized carbons (Fsp3) is 0.111. The second-order valence-corrected chi connectivity index (χ2v) is 9.29. The number of benzene rings is 2. The molecule has 0 bridgehead atoms. The zero-order chi connectivity index (χ0) is 26.8. The van der Waals surface area contributed by atoms with Crippen molar-refractivity contribution in [1.82, 2.24) is 20.2 Å². The minimum atomic E-state index is -0.791. The van der Waals surface area contributed by atoms with Crippen LogP contribution in [0.3, 0.4) is 0 Å². The normalized spacial score (nSPS) is 15.1. The predicted octanol–water partition coefficient (Wildman–Crippen LogP) is 4.85. The molecule has 1 fully saturated rings. The van der Waals surface area contributed by atoms with Crippen molar-refractivity contribution in [3.8, 4) is 22.6 Å². The van der Waals surface area contributed by atoms with Crippen molar-refractivity contribution in [3.05, 3.63) is 111 Å². The van der Waals surface area contributed by atoms with Crippen LogP contribution in [-0.2, 0) is 11.4 Å². The quantitative estimate of drug-likeness (QED) is 0.356. The third-order valence-corrected chi connectivity index (χ3v) is 6.68. The van der Waals surface area contributed by atoms with Crippen molar-refractivity contribution >= 4 is 35.1 Å². The first-order chi connectivity index (χ1) is 18.3. The van der Waals surface area contributed by atoms with Crippen molar-refractivity contribution < 1.29 is 18.7 Å². The second-order valence-electron chi connectivity index (χ2n) is 8.48. The number of hydrogen-bond donors (Lipinski definition) is 2. The summed E-state index contributed by atoms with van der Waals surface area (Å²) in [6.45, 7) is 0.00396. The number of halogens is 3. The molecule has 1 aliphatic heterocycles. The van der Waals surface area contributed by atoms with E-state index in [1.807, 2.05) is 0 Å². The van der Waals surface area contributed by atoms with Crippen LogP contribution < -0.4 is 20.9 Å². The lowest BCUT2D eigenvalue weighted by Gasteiger charge is -2.23. The summed E-state index contributed by atoms with van der Waals surface area (Å²) in [6, 6.07) is 13.9. The fourth-order valence-electron chi connectivity index (χ4n) is 4.08. The molecule has 1 aliphatic rings. The van der Waals surface area contributed by atoms with Crippen LogP contribution in [0.15, 0.2) is 78.0 Å². The predicted molar refractivity (Wildman–Crippen MR) is 140 cm³/mol. The molecule has 11 heteroatoms. The highest BCUT2D eigenvalue weighted by molar-refractivity contribution is 6.31. The van der Waals surface area contributed by atoms with E-state index < -0.39 is 29.2 Å². The van der Waals surface area contributed by atoms with Crippen LogP contribution in [-0.4, -0.2) is 28.0 Å². The third-order valence-electron chi connectivity index (χ3n) is 6.03.